The molecular formula is C12H10N4O2. The second-order valence-corrected chi connectivity index (χ2v) is 4.29. The fourth-order valence-corrected chi connectivity index (χ4v) is 2.02. The minimum atomic E-state index is -1.05. The van der Waals surface area contributed by atoms with Gasteiger partial charge in [0.05, 0.1) is 11.0 Å². The lowest BCUT2D eigenvalue weighted by atomic mass is 9.92. The summed E-state index contributed by atoms with van der Waals surface area (Å²) < 4.78 is 0. The predicted molar refractivity (Wildman–Crippen MR) is 63.6 cm³/mol. The van der Waals surface area contributed by atoms with Gasteiger partial charge in [-0.1, -0.05) is 6.07 Å². The van der Waals surface area contributed by atoms with Crippen LogP contribution in [0.2, 0.25) is 0 Å². The number of carbonyl (C=O) groups excluding carboxylic acids is 2. The maximum Gasteiger partial charge on any atom is 0.322 e. The van der Waals surface area contributed by atoms with Crippen molar-refractivity contribution in [3.8, 4) is 0 Å². The van der Waals surface area contributed by atoms with E-state index in [4.69, 9.17) is 0 Å². The van der Waals surface area contributed by atoms with Crippen molar-refractivity contribution in [1.82, 2.24) is 20.6 Å². The van der Waals surface area contributed by atoms with Gasteiger partial charge in [0.25, 0.3) is 5.91 Å². The van der Waals surface area contributed by atoms with E-state index >= 15 is 0 Å². The van der Waals surface area contributed by atoms with Crippen molar-refractivity contribution in [3.63, 3.8) is 0 Å². The molecule has 0 aliphatic carbocycles. The third-order valence-electron chi connectivity index (χ3n) is 3.09. The van der Waals surface area contributed by atoms with Gasteiger partial charge in [0.2, 0.25) is 0 Å². The largest absolute Gasteiger partial charge is 0.322 e. The maximum atomic E-state index is 11.8. The molecule has 90 valence electrons. The molecule has 0 bridgehead atoms. The molecule has 1 atom stereocenters. The number of amides is 3. The monoisotopic (exact) mass is 242 g/mol. The maximum absolute atomic E-state index is 11.8. The van der Waals surface area contributed by atoms with Gasteiger partial charge in [0.15, 0.2) is 0 Å². The summed E-state index contributed by atoms with van der Waals surface area (Å²) in [4.78, 5) is 31.4. The third-order valence-corrected chi connectivity index (χ3v) is 3.09. The molecule has 0 radical (unpaired) electrons. The number of benzene rings is 1. The molecule has 0 saturated carbocycles. The van der Waals surface area contributed by atoms with Gasteiger partial charge in [-0.15, -0.1) is 0 Å². The molecule has 1 aliphatic rings. The van der Waals surface area contributed by atoms with Gasteiger partial charge in [-0.2, -0.15) is 0 Å². The zero-order valence-electron chi connectivity index (χ0n) is 9.60. The highest BCUT2D eigenvalue weighted by Gasteiger charge is 2.43. The van der Waals surface area contributed by atoms with Crippen molar-refractivity contribution in [2.45, 2.75) is 12.5 Å². The van der Waals surface area contributed by atoms with E-state index in [-0.39, 0.29) is 5.91 Å². The van der Waals surface area contributed by atoms with Crippen molar-refractivity contribution < 1.29 is 9.59 Å². The Balaban J connectivity index is 2.14. The van der Waals surface area contributed by atoms with Crippen LogP contribution >= 0.6 is 0 Å². The van der Waals surface area contributed by atoms with Gasteiger partial charge in [-0.25, -0.2) is 4.79 Å². The molecule has 3 rings (SSSR count). The summed E-state index contributed by atoms with van der Waals surface area (Å²) in [6, 6.07) is 4.82. The Morgan fingerprint density at radius 2 is 1.83 bits per heavy atom. The zero-order chi connectivity index (χ0) is 12.8. The lowest BCUT2D eigenvalue weighted by Gasteiger charge is -2.21. The van der Waals surface area contributed by atoms with Crippen LogP contribution in [0.3, 0.4) is 0 Å². The number of imide groups is 1. The number of nitrogens with zero attached hydrogens (tertiary/aromatic N) is 2. The number of hydrogen-bond donors (Lipinski definition) is 2. The number of urea groups is 1. The number of aromatic nitrogens is 2. The average molecular weight is 242 g/mol. The summed E-state index contributed by atoms with van der Waals surface area (Å²) in [5, 5.41) is 4.84. The second kappa shape index (κ2) is 3.49. The van der Waals surface area contributed by atoms with Gasteiger partial charge in [-0.05, 0) is 24.6 Å². The van der Waals surface area contributed by atoms with Crippen LogP contribution in [0, 0.1) is 0 Å². The van der Waals surface area contributed by atoms with E-state index in [0.717, 1.165) is 5.52 Å². The van der Waals surface area contributed by atoms with Gasteiger partial charge >= 0.3 is 6.03 Å². The van der Waals surface area contributed by atoms with Crippen LogP contribution < -0.4 is 10.6 Å². The SMILES string of the molecule is CC1(c2ccc3nccnc3c2)NC(=O)NC1=O. The number of nitrogens with one attached hydrogen (secondary N) is 2. The van der Waals surface area contributed by atoms with Crippen LogP contribution in [0.5, 0.6) is 0 Å². The van der Waals surface area contributed by atoms with Crippen LogP contribution in [0.4, 0.5) is 4.79 Å². The van der Waals surface area contributed by atoms with E-state index in [1.54, 1.807) is 37.5 Å². The summed E-state index contributed by atoms with van der Waals surface area (Å²) >= 11 is 0. The van der Waals surface area contributed by atoms with Gasteiger partial charge < -0.3 is 5.32 Å². The normalized spacial score (nSPS) is 22.9. The van der Waals surface area contributed by atoms with Crippen molar-refractivity contribution >= 4 is 23.0 Å². The summed E-state index contributed by atoms with van der Waals surface area (Å²) in [5.41, 5.74) is 1.06. The highest BCUT2D eigenvalue weighted by molar-refractivity contribution is 6.07. The van der Waals surface area contributed by atoms with Crippen LogP contribution in [-0.2, 0) is 10.3 Å². The summed E-state index contributed by atoms with van der Waals surface area (Å²) in [5.74, 6) is -0.365. The third kappa shape index (κ3) is 1.42. The highest BCUT2D eigenvalue weighted by Crippen LogP contribution is 2.26. The molecule has 1 aromatic carbocycles. The quantitative estimate of drug-likeness (QED) is 0.720. The minimum Gasteiger partial charge on any atom is -0.320 e. The second-order valence-electron chi connectivity index (χ2n) is 4.29. The first-order valence-electron chi connectivity index (χ1n) is 5.44. The minimum absolute atomic E-state index is 0.365. The summed E-state index contributed by atoms with van der Waals surface area (Å²) in [6.07, 6.45) is 3.19. The van der Waals surface area contributed by atoms with Crippen LogP contribution in [0.15, 0.2) is 30.6 Å². The van der Waals surface area contributed by atoms with Crippen molar-refractivity contribution in [3.05, 3.63) is 36.2 Å². The summed E-state index contributed by atoms with van der Waals surface area (Å²) in [7, 11) is 0. The average Bonchev–Trinajstić information content (AvgIpc) is 2.63. The number of carbonyl (C=O) groups is 2. The topological polar surface area (TPSA) is 84.0 Å². The molecule has 1 aromatic heterocycles. The first kappa shape index (κ1) is 10.6. The van der Waals surface area contributed by atoms with Crippen LogP contribution in [-0.4, -0.2) is 21.9 Å². The van der Waals surface area contributed by atoms with E-state index in [2.05, 4.69) is 20.6 Å². The Kier molecular flexibility index (Phi) is 2.07. The van der Waals surface area contributed by atoms with Gasteiger partial charge in [-0.3, -0.25) is 20.1 Å². The Morgan fingerprint density at radius 3 is 2.50 bits per heavy atom. The van der Waals surface area contributed by atoms with E-state index in [1.807, 2.05) is 0 Å². The molecule has 6 nitrogen and oxygen atoms in total. The molecule has 2 N–H and O–H groups in total. The molecule has 1 fully saturated rings. The van der Waals surface area contributed by atoms with Crippen molar-refractivity contribution in [2.24, 2.45) is 0 Å². The molecule has 2 heterocycles. The fraction of sp³-hybridized carbons (Fsp3) is 0.167. The van der Waals surface area contributed by atoms with E-state index in [9.17, 15) is 9.59 Å². The van der Waals surface area contributed by atoms with Gasteiger partial charge in [0, 0.05) is 12.4 Å². The zero-order valence-corrected chi connectivity index (χ0v) is 9.60. The predicted octanol–water partition coefficient (Wildman–Crippen LogP) is 0.684. The summed E-state index contributed by atoms with van der Waals surface area (Å²) in [6.45, 7) is 1.66. The van der Waals surface area contributed by atoms with Crippen LogP contribution in [0.1, 0.15) is 12.5 Å². The smallest absolute Gasteiger partial charge is 0.320 e. The lowest BCUT2D eigenvalue weighted by Crippen LogP contribution is -2.40. The molecule has 18 heavy (non-hydrogen) atoms. The molecule has 1 saturated heterocycles. The molecular weight excluding hydrogens is 232 g/mol. The van der Waals surface area contributed by atoms with Crippen LogP contribution in [0.25, 0.3) is 11.0 Å². The van der Waals surface area contributed by atoms with E-state index < -0.39 is 11.6 Å². The molecule has 2 aromatic rings. The van der Waals surface area contributed by atoms with Crippen molar-refractivity contribution in [1.29, 1.82) is 0 Å². The standard InChI is InChI=1S/C12H10N4O2/c1-12(10(17)15-11(18)16-12)7-2-3-8-9(6-7)14-5-4-13-8/h2-6H,1H3,(H2,15,16,17,18). The Bertz CT molecular complexity index is 670. The number of rotatable bonds is 1. The molecule has 1 unspecified atom stereocenters. The number of fused-ring (bicyclic) bond motifs is 1. The molecule has 1 aliphatic heterocycles. The van der Waals surface area contributed by atoms with E-state index in [1.165, 1.54) is 0 Å². The molecule has 6 heteroatoms. The van der Waals surface area contributed by atoms with E-state index in [0.29, 0.717) is 11.1 Å². The highest BCUT2D eigenvalue weighted by atomic mass is 16.2. The molecule has 0 spiro atoms. The van der Waals surface area contributed by atoms with Crippen molar-refractivity contribution in [2.75, 3.05) is 0 Å². The Morgan fingerprint density at radius 1 is 1.11 bits per heavy atom. The number of hydrogen-bond acceptors (Lipinski definition) is 4. The Hall–Kier alpha value is -2.50. The first-order valence-corrected chi connectivity index (χ1v) is 5.44. The first-order chi connectivity index (χ1) is 8.59. The molecule has 3 amide bonds. The van der Waals surface area contributed by atoms with Gasteiger partial charge in [0.1, 0.15) is 5.54 Å². The fourth-order valence-electron chi connectivity index (χ4n) is 2.02. The lowest BCUT2D eigenvalue weighted by molar-refractivity contribution is -0.123. The Labute approximate surface area is 102 Å².